The summed E-state index contributed by atoms with van der Waals surface area (Å²) in [6.45, 7) is 7.91. The third kappa shape index (κ3) is 5.16. The lowest BCUT2D eigenvalue weighted by Gasteiger charge is -2.31. The number of aryl methyl sites for hydroxylation is 2. The van der Waals surface area contributed by atoms with Gasteiger partial charge in [0.1, 0.15) is 5.76 Å². The highest BCUT2D eigenvalue weighted by atomic mass is 32.1. The number of carbonyl (C=O) groups is 1. The first-order chi connectivity index (χ1) is 14.6. The zero-order valence-corrected chi connectivity index (χ0v) is 18.2. The van der Waals surface area contributed by atoms with Crippen LogP contribution in [0.5, 0.6) is 0 Å². The molecule has 1 saturated heterocycles. The van der Waals surface area contributed by atoms with Crippen LogP contribution in [0.25, 0.3) is 10.8 Å². The number of benzene rings is 1. The predicted molar refractivity (Wildman–Crippen MR) is 118 cm³/mol. The molecule has 1 amide bonds. The monoisotopic (exact) mass is 425 g/mol. The van der Waals surface area contributed by atoms with Crippen LogP contribution in [-0.2, 0) is 16.0 Å². The van der Waals surface area contributed by atoms with Gasteiger partial charge in [-0.25, -0.2) is 4.98 Å². The molecule has 0 bridgehead atoms. The second-order valence-electron chi connectivity index (χ2n) is 7.62. The van der Waals surface area contributed by atoms with Crippen LogP contribution in [0.3, 0.4) is 0 Å². The van der Waals surface area contributed by atoms with E-state index in [4.69, 9.17) is 9.15 Å². The second kappa shape index (κ2) is 9.55. The molecule has 1 aliphatic heterocycles. The van der Waals surface area contributed by atoms with Crippen LogP contribution in [0, 0.1) is 13.8 Å². The zero-order chi connectivity index (χ0) is 20.9. The highest BCUT2D eigenvalue weighted by Gasteiger charge is 2.22. The number of thiophene rings is 1. The van der Waals surface area contributed by atoms with E-state index in [2.05, 4.69) is 46.4 Å². The molecule has 7 heteroatoms. The Morgan fingerprint density at radius 1 is 1.20 bits per heavy atom. The number of oxazole rings is 1. The molecule has 2 aromatic heterocycles. The molecule has 158 valence electrons. The van der Waals surface area contributed by atoms with Gasteiger partial charge in [-0.15, -0.1) is 11.3 Å². The van der Waals surface area contributed by atoms with Crippen LogP contribution in [-0.4, -0.2) is 48.6 Å². The lowest BCUT2D eigenvalue weighted by molar-refractivity contribution is -0.121. The van der Waals surface area contributed by atoms with Crippen molar-refractivity contribution < 1.29 is 13.9 Å². The van der Waals surface area contributed by atoms with Crippen molar-refractivity contribution in [3.8, 4) is 10.8 Å². The van der Waals surface area contributed by atoms with Crippen molar-refractivity contribution >= 4 is 17.2 Å². The van der Waals surface area contributed by atoms with E-state index < -0.39 is 0 Å². The number of aromatic nitrogens is 1. The predicted octanol–water partition coefficient (Wildman–Crippen LogP) is 3.75. The maximum absolute atomic E-state index is 12.9. The average Bonchev–Trinajstić information content (AvgIpc) is 3.39. The highest BCUT2D eigenvalue weighted by Crippen LogP contribution is 2.26. The number of nitrogens with one attached hydrogen (secondary N) is 1. The highest BCUT2D eigenvalue weighted by molar-refractivity contribution is 7.13. The van der Waals surface area contributed by atoms with E-state index in [1.807, 2.05) is 24.4 Å². The number of amides is 1. The number of ether oxygens (including phenoxy) is 1. The first kappa shape index (κ1) is 20.8. The van der Waals surface area contributed by atoms with Crippen molar-refractivity contribution in [1.82, 2.24) is 15.2 Å². The third-order valence-electron chi connectivity index (χ3n) is 5.31. The summed E-state index contributed by atoms with van der Waals surface area (Å²) >= 11 is 1.57. The molecule has 0 aliphatic carbocycles. The number of hydrogen-bond donors (Lipinski definition) is 1. The molecule has 6 nitrogen and oxygen atoms in total. The van der Waals surface area contributed by atoms with Crippen molar-refractivity contribution in [2.45, 2.75) is 26.3 Å². The third-order valence-corrected chi connectivity index (χ3v) is 6.17. The summed E-state index contributed by atoms with van der Waals surface area (Å²) in [7, 11) is 0. The van der Waals surface area contributed by atoms with Crippen molar-refractivity contribution in [2.75, 3.05) is 32.8 Å². The van der Waals surface area contributed by atoms with Crippen LogP contribution in [0.15, 0.2) is 46.2 Å². The quantitative estimate of drug-likeness (QED) is 0.624. The van der Waals surface area contributed by atoms with Crippen LogP contribution < -0.4 is 5.32 Å². The normalized spacial score (nSPS) is 15.8. The van der Waals surface area contributed by atoms with Gasteiger partial charge in [0.25, 0.3) is 0 Å². The minimum Gasteiger partial charge on any atom is -0.440 e. The van der Waals surface area contributed by atoms with Gasteiger partial charge < -0.3 is 14.5 Å². The van der Waals surface area contributed by atoms with Gasteiger partial charge in [0.05, 0.1) is 36.2 Å². The van der Waals surface area contributed by atoms with Crippen LogP contribution >= 0.6 is 11.3 Å². The summed E-state index contributed by atoms with van der Waals surface area (Å²) in [5.74, 6) is 1.21. The van der Waals surface area contributed by atoms with E-state index in [9.17, 15) is 4.79 Å². The lowest BCUT2D eigenvalue weighted by atomic mass is 10.0. The molecule has 0 spiro atoms. The average molecular weight is 426 g/mol. The molecule has 4 rings (SSSR count). The first-order valence-electron chi connectivity index (χ1n) is 10.2. The van der Waals surface area contributed by atoms with E-state index in [1.165, 1.54) is 5.56 Å². The molecule has 3 aromatic rings. The molecule has 30 heavy (non-hydrogen) atoms. The Bertz CT molecular complexity index is 960. The van der Waals surface area contributed by atoms with Gasteiger partial charge in [0.2, 0.25) is 11.8 Å². The molecule has 1 atom stereocenters. The molecule has 1 fully saturated rings. The SMILES string of the molecule is Cc1ccc([C@@H](CN2CCOCC2)NC(=O)Cc2nc(-c3cccs3)oc2C)cc1. The summed E-state index contributed by atoms with van der Waals surface area (Å²) in [4.78, 5) is 20.8. The molecule has 1 aromatic carbocycles. The van der Waals surface area contributed by atoms with Crippen LogP contribution in [0.4, 0.5) is 0 Å². The van der Waals surface area contributed by atoms with Crippen LogP contribution in [0.1, 0.15) is 28.6 Å². The molecule has 0 radical (unpaired) electrons. The van der Waals surface area contributed by atoms with Gasteiger partial charge in [0, 0.05) is 19.6 Å². The summed E-state index contributed by atoms with van der Waals surface area (Å²) in [6, 6.07) is 12.2. The van der Waals surface area contributed by atoms with E-state index in [0.29, 0.717) is 17.3 Å². The number of morpholine rings is 1. The fraction of sp³-hybridized carbons (Fsp3) is 0.391. The van der Waals surface area contributed by atoms with Crippen LogP contribution in [0.2, 0.25) is 0 Å². The van der Waals surface area contributed by atoms with Gasteiger partial charge >= 0.3 is 0 Å². The van der Waals surface area contributed by atoms with E-state index in [-0.39, 0.29) is 18.4 Å². The summed E-state index contributed by atoms with van der Waals surface area (Å²) in [5, 5.41) is 5.20. The number of rotatable bonds is 7. The van der Waals surface area contributed by atoms with Gasteiger partial charge in [-0.05, 0) is 30.9 Å². The Kier molecular flexibility index (Phi) is 6.62. The fourth-order valence-electron chi connectivity index (χ4n) is 3.57. The Morgan fingerprint density at radius 2 is 1.97 bits per heavy atom. The summed E-state index contributed by atoms with van der Waals surface area (Å²) < 4.78 is 11.2. The maximum atomic E-state index is 12.9. The molecule has 3 heterocycles. The van der Waals surface area contributed by atoms with E-state index >= 15 is 0 Å². The lowest BCUT2D eigenvalue weighted by Crippen LogP contribution is -2.43. The van der Waals surface area contributed by atoms with Gasteiger partial charge in [-0.2, -0.15) is 0 Å². The Labute approximate surface area is 180 Å². The van der Waals surface area contributed by atoms with E-state index in [1.54, 1.807) is 11.3 Å². The Hall–Kier alpha value is -2.48. The Morgan fingerprint density at radius 3 is 2.67 bits per heavy atom. The number of nitrogens with zero attached hydrogens (tertiary/aromatic N) is 2. The fourth-order valence-corrected chi connectivity index (χ4v) is 4.22. The standard InChI is InChI=1S/C23H27N3O3S/c1-16-5-7-18(8-6-16)20(15-26-9-11-28-12-10-26)24-22(27)14-19-17(2)29-23(25-19)21-4-3-13-30-21/h3-8,13,20H,9-12,14-15H2,1-2H3,(H,24,27)/t20-/m1/s1. The molecule has 0 saturated carbocycles. The smallest absolute Gasteiger partial charge is 0.236 e. The Balaban J connectivity index is 1.46. The molecule has 1 N–H and O–H groups in total. The van der Waals surface area contributed by atoms with E-state index in [0.717, 1.165) is 43.3 Å². The van der Waals surface area contributed by atoms with Gasteiger partial charge in [-0.1, -0.05) is 35.9 Å². The minimum absolute atomic E-state index is 0.0528. The van der Waals surface area contributed by atoms with Crippen molar-refractivity contribution in [2.24, 2.45) is 0 Å². The van der Waals surface area contributed by atoms with Crippen molar-refractivity contribution in [1.29, 1.82) is 0 Å². The minimum atomic E-state index is -0.0832. The summed E-state index contributed by atoms with van der Waals surface area (Å²) in [6.07, 6.45) is 0.201. The molecule has 0 unspecified atom stereocenters. The van der Waals surface area contributed by atoms with Crippen molar-refractivity contribution in [3.63, 3.8) is 0 Å². The summed E-state index contributed by atoms with van der Waals surface area (Å²) in [5.41, 5.74) is 3.00. The topological polar surface area (TPSA) is 67.6 Å². The first-order valence-corrected chi connectivity index (χ1v) is 11.1. The maximum Gasteiger partial charge on any atom is 0.236 e. The molecular formula is C23H27N3O3S. The second-order valence-corrected chi connectivity index (χ2v) is 8.57. The van der Waals surface area contributed by atoms with Gasteiger partial charge in [0.15, 0.2) is 0 Å². The number of hydrogen-bond acceptors (Lipinski definition) is 6. The largest absolute Gasteiger partial charge is 0.440 e. The molecular weight excluding hydrogens is 398 g/mol. The zero-order valence-electron chi connectivity index (χ0n) is 17.4. The van der Waals surface area contributed by atoms with Crippen molar-refractivity contribution in [3.05, 3.63) is 64.4 Å². The number of carbonyl (C=O) groups excluding carboxylic acids is 1. The van der Waals surface area contributed by atoms with Gasteiger partial charge in [-0.3, -0.25) is 9.69 Å². The molecule has 1 aliphatic rings.